The molecule has 3 nitrogen and oxygen atoms in total. The Labute approximate surface area is 129 Å². The minimum atomic E-state index is 0.417. The monoisotopic (exact) mass is 385 g/mol. The van der Waals surface area contributed by atoms with Crippen LogP contribution in [0.4, 0.5) is 0 Å². The predicted octanol–water partition coefficient (Wildman–Crippen LogP) is 4.33. The van der Waals surface area contributed by atoms with E-state index in [0.717, 1.165) is 26.8 Å². The first-order valence-corrected chi connectivity index (χ1v) is 7.61. The highest BCUT2D eigenvalue weighted by atomic mass is 79.9. The Bertz CT molecular complexity index is 561. The Morgan fingerprint density at radius 2 is 2.05 bits per heavy atom. The molecule has 5 heteroatoms. The zero-order chi connectivity index (χ0) is 13.7. The topological polar surface area (TPSA) is 31.4 Å². The Balaban J connectivity index is 2.05. The van der Waals surface area contributed by atoms with Crippen LogP contribution < -0.4 is 9.47 Å². The van der Waals surface area contributed by atoms with Gasteiger partial charge in [-0.05, 0) is 29.8 Å². The van der Waals surface area contributed by atoms with Gasteiger partial charge >= 0.3 is 0 Å². The number of benzene rings is 1. The first kappa shape index (κ1) is 14.3. The summed E-state index contributed by atoms with van der Waals surface area (Å²) >= 11 is 6.93. The van der Waals surface area contributed by atoms with Crippen molar-refractivity contribution in [2.45, 2.75) is 11.9 Å². The van der Waals surface area contributed by atoms with Gasteiger partial charge in [-0.25, -0.2) is 4.98 Å². The van der Waals surface area contributed by atoms with Gasteiger partial charge in [-0.15, -0.1) is 0 Å². The van der Waals surface area contributed by atoms with Gasteiger partial charge in [-0.3, -0.25) is 0 Å². The van der Waals surface area contributed by atoms with Crippen molar-refractivity contribution in [1.29, 1.82) is 0 Å². The number of pyridine rings is 1. The Morgan fingerprint density at radius 1 is 1.21 bits per heavy atom. The normalized spacial score (nSPS) is 10.3. The van der Waals surface area contributed by atoms with Gasteiger partial charge in [0.25, 0.3) is 0 Å². The number of hydrogen-bond donors (Lipinski definition) is 0. The van der Waals surface area contributed by atoms with Gasteiger partial charge in [0, 0.05) is 15.9 Å². The molecule has 0 fully saturated rings. The zero-order valence-corrected chi connectivity index (χ0v) is 13.6. The molecule has 100 valence electrons. The van der Waals surface area contributed by atoms with Crippen molar-refractivity contribution in [2.24, 2.45) is 0 Å². The molecule has 0 amide bonds. The first-order chi connectivity index (χ1) is 9.22. The number of hydrogen-bond acceptors (Lipinski definition) is 3. The minimum absolute atomic E-state index is 0.417. The largest absolute Gasteiger partial charge is 0.487 e. The van der Waals surface area contributed by atoms with E-state index < -0.39 is 0 Å². The summed E-state index contributed by atoms with van der Waals surface area (Å²) in [5.74, 6) is 1.42. The molecule has 1 aromatic carbocycles. The van der Waals surface area contributed by atoms with E-state index in [2.05, 4.69) is 36.8 Å². The third kappa shape index (κ3) is 3.94. The summed E-state index contributed by atoms with van der Waals surface area (Å²) in [6.45, 7) is 0.417. The Morgan fingerprint density at radius 3 is 2.79 bits per heavy atom. The summed E-state index contributed by atoms with van der Waals surface area (Å²) in [6, 6.07) is 11.5. The van der Waals surface area contributed by atoms with Crippen LogP contribution in [0.3, 0.4) is 0 Å². The van der Waals surface area contributed by atoms with Gasteiger partial charge in [0.2, 0.25) is 5.88 Å². The second kappa shape index (κ2) is 6.91. The van der Waals surface area contributed by atoms with Crippen LogP contribution in [-0.2, 0) is 11.9 Å². The van der Waals surface area contributed by atoms with E-state index >= 15 is 0 Å². The van der Waals surface area contributed by atoms with Crippen LogP contribution in [0.5, 0.6) is 11.6 Å². The van der Waals surface area contributed by atoms with Crippen LogP contribution in [-0.4, -0.2) is 12.1 Å². The Kier molecular flexibility index (Phi) is 5.22. The number of methoxy groups -OCH3 is 1. The van der Waals surface area contributed by atoms with E-state index in [9.17, 15) is 0 Å². The van der Waals surface area contributed by atoms with Crippen LogP contribution >= 0.6 is 31.9 Å². The molecule has 2 aromatic rings. The number of ether oxygens (including phenoxy) is 2. The molecular weight excluding hydrogens is 374 g/mol. The zero-order valence-electron chi connectivity index (χ0n) is 10.4. The quantitative estimate of drug-likeness (QED) is 0.716. The highest BCUT2D eigenvalue weighted by molar-refractivity contribution is 9.10. The summed E-state index contributed by atoms with van der Waals surface area (Å²) in [5, 5.41) is 0.780. The lowest BCUT2D eigenvalue weighted by Gasteiger charge is -2.09. The smallest absolute Gasteiger partial charge is 0.213 e. The lowest BCUT2D eigenvalue weighted by atomic mass is 10.2. The third-order valence-corrected chi connectivity index (χ3v) is 3.92. The predicted molar refractivity (Wildman–Crippen MR) is 81.9 cm³/mol. The fourth-order valence-electron chi connectivity index (χ4n) is 1.55. The molecule has 0 aliphatic rings. The van der Waals surface area contributed by atoms with Crippen molar-refractivity contribution in [2.75, 3.05) is 7.11 Å². The lowest BCUT2D eigenvalue weighted by molar-refractivity contribution is 0.298. The SMILES string of the molecule is COc1cccc(COc2ccc(Br)c(CBr)c2)n1. The van der Waals surface area contributed by atoms with Crippen LogP contribution in [0.1, 0.15) is 11.3 Å². The molecule has 0 saturated heterocycles. The molecule has 0 spiro atoms. The molecule has 1 heterocycles. The molecule has 0 atom stereocenters. The van der Waals surface area contributed by atoms with Crippen molar-refractivity contribution >= 4 is 31.9 Å². The average Bonchev–Trinajstić information content (AvgIpc) is 2.46. The molecule has 2 rings (SSSR count). The highest BCUT2D eigenvalue weighted by Crippen LogP contribution is 2.25. The van der Waals surface area contributed by atoms with Gasteiger partial charge < -0.3 is 9.47 Å². The molecule has 0 saturated carbocycles. The highest BCUT2D eigenvalue weighted by Gasteiger charge is 2.03. The molecule has 0 aliphatic carbocycles. The molecular formula is C14H13Br2NO2. The van der Waals surface area contributed by atoms with Crippen molar-refractivity contribution in [3.8, 4) is 11.6 Å². The van der Waals surface area contributed by atoms with Gasteiger partial charge in [0.1, 0.15) is 12.4 Å². The average molecular weight is 387 g/mol. The van der Waals surface area contributed by atoms with Crippen molar-refractivity contribution in [1.82, 2.24) is 4.98 Å². The number of aromatic nitrogens is 1. The lowest BCUT2D eigenvalue weighted by Crippen LogP contribution is -1.99. The van der Waals surface area contributed by atoms with Gasteiger partial charge in [-0.2, -0.15) is 0 Å². The summed E-state index contributed by atoms with van der Waals surface area (Å²) < 4.78 is 11.9. The van der Waals surface area contributed by atoms with E-state index in [-0.39, 0.29) is 0 Å². The van der Waals surface area contributed by atoms with Crippen LogP contribution in [0.2, 0.25) is 0 Å². The maximum absolute atomic E-state index is 5.73. The van der Waals surface area contributed by atoms with Gasteiger partial charge in [-0.1, -0.05) is 37.9 Å². The molecule has 0 aliphatic heterocycles. The van der Waals surface area contributed by atoms with Crippen molar-refractivity contribution < 1.29 is 9.47 Å². The molecule has 19 heavy (non-hydrogen) atoms. The van der Waals surface area contributed by atoms with Crippen LogP contribution in [0, 0.1) is 0 Å². The van der Waals surface area contributed by atoms with E-state index in [1.165, 1.54) is 0 Å². The van der Waals surface area contributed by atoms with Gasteiger partial charge in [0.05, 0.1) is 12.8 Å². The minimum Gasteiger partial charge on any atom is -0.487 e. The van der Waals surface area contributed by atoms with E-state index in [1.807, 2.05) is 36.4 Å². The van der Waals surface area contributed by atoms with Crippen LogP contribution in [0.25, 0.3) is 0 Å². The molecule has 0 unspecified atom stereocenters. The van der Waals surface area contributed by atoms with Crippen molar-refractivity contribution in [3.63, 3.8) is 0 Å². The maximum Gasteiger partial charge on any atom is 0.213 e. The van der Waals surface area contributed by atoms with Gasteiger partial charge in [0.15, 0.2) is 0 Å². The molecule has 0 bridgehead atoms. The first-order valence-electron chi connectivity index (χ1n) is 5.70. The second-order valence-electron chi connectivity index (χ2n) is 3.85. The molecule has 0 N–H and O–H groups in total. The summed E-state index contributed by atoms with van der Waals surface area (Å²) in [7, 11) is 1.60. The Hall–Kier alpha value is -1.07. The number of halogens is 2. The summed E-state index contributed by atoms with van der Waals surface area (Å²) in [5.41, 5.74) is 1.98. The second-order valence-corrected chi connectivity index (χ2v) is 5.26. The van der Waals surface area contributed by atoms with E-state index in [4.69, 9.17) is 9.47 Å². The number of alkyl halides is 1. The van der Waals surface area contributed by atoms with E-state index in [1.54, 1.807) is 7.11 Å². The summed E-state index contributed by atoms with van der Waals surface area (Å²) in [4.78, 5) is 4.30. The fraction of sp³-hybridized carbons (Fsp3) is 0.214. The third-order valence-electron chi connectivity index (χ3n) is 2.54. The number of nitrogens with zero attached hydrogens (tertiary/aromatic N) is 1. The van der Waals surface area contributed by atoms with E-state index in [0.29, 0.717) is 12.5 Å². The molecule has 1 aromatic heterocycles. The molecule has 0 radical (unpaired) electrons. The van der Waals surface area contributed by atoms with Crippen LogP contribution in [0.15, 0.2) is 40.9 Å². The number of rotatable bonds is 5. The fourth-order valence-corrected chi connectivity index (χ4v) is 2.78. The maximum atomic E-state index is 5.73. The summed E-state index contributed by atoms with van der Waals surface area (Å²) in [6.07, 6.45) is 0. The standard InChI is InChI=1S/C14H13Br2NO2/c1-18-14-4-2-3-11(17-14)9-19-12-5-6-13(16)10(7-12)8-15/h2-7H,8-9H2,1H3. The van der Waals surface area contributed by atoms with Crippen molar-refractivity contribution in [3.05, 3.63) is 52.1 Å².